The van der Waals surface area contributed by atoms with Crippen molar-refractivity contribution < 1.29 is 13.2 Å². The number of methoxy groups -OCH3 is 1. The Morgan fingerprint density at radius 1 is 1.00 bits per heavy atom. The van der Waals surface area contributed by atoms with Crippen LogP contribution in [0, 0.1) is 0 Å². The van der Waals surface area contributed by atoms with Gasteiger partial charge in [0.1, 0.15) is 5.75 Å². The summed E-state index contributed by atoms with van der Waals surface area (Å²) in [6, 6.07) is 16.4. The summed E-state index contributed by atoms with van der Waals surface area (Å²) >= 11 is 0. The smallest absolute Gasteiger partial charge is 0.180 e. The van der Waals surface area contributed by atoms with E-state index in [1.54, 1.807) is 38.3 Å². The first kappa shape index (κ1) is 15.6. The summed E-state index contributed by atoms with van der Waals surface area (Å²) in [5.74, 6) is 0.809. The summed E-state index contributed by atoms with van der Waals surface area (Å²) in [6.07, 6.45) is 1.33. The van der Waals surface area contributed by atoms with Gasteiger partial charge in [-0.25, -0.2) is 8.42 Å². The summed E-state index contributed by atoms with van der Waals surface area (Å²) in [7, 11) is -1.62. The summed E-state index contributed by atoms with van der Waals surface area (Å²) in [4.78, 5) is 0.396. The molecule has 0 aliphatic heterocycles. The minimum absolute atomic E-state index is 0.396. The third-order valence-corrected chi connectivity index (χ3v) is 5.82. The van der Waals surface area contributed by atoms with E-state index < -0.39 is 15.1 Å². The van der Waals surface area contributed by atoms with Crippen LogP contribution in [0.2, 0.25) is 0 Å². The molecule has 0 heterocycles. The molecule has 1 atom stereocenters. The Labute approximate surface area is 126 Å². The minimum atomic E-state index is -3.25. The van der Waals surface area contributed by atoms with Crippen molar-refractivity contribution >= 4 is 9.84 Å². The summed E-state index contributed by atoms with van der Waals surface area (Å²) < 4.78 is 30.0. The van der Waals surface area contributed by atoms with E-state index >= 15 is 0 Å². The molecule has 0 aliphatic rings. The van der Waals surface area contributed by atoms with Crippen molar-refractivity contribution in [2.45, 2.75) is 29.9 Å². The quantitative estimate of drug-likeness (QED) is 0.820. The van der Waals surface area contributed by atoms with Gasteiger partial charge < -0.3 is 4.74 Å². The number of benzene rings is 2. The molecule has 0 spiro atoms. The summed E-state index contributed by atoms with van der Waals surface area (Å²) in [6.45, 7) is 1.77. The van der Waals surface area contributed by atoms with Gasteiger partial charge >= 0.3 is 0 Å². The van der Waals surface area contributed by atoms with E-state index in [4.69, 9.17) is 4.74 Å². The predicted octanol–water partition coefficient (Wildman–Crippen LogP) is 3.49. The third kappa shape index (κ3) is 3.85. The van der Waals surface area contributed by atoms with Crippen molar-refractivity contribution in [1.82, 2.24) is 0 Å². The zero-order chi connectivity index (χ0) is 15.3. The second kappa shape index (κ2) is 6.76. The molecule has 21 heavy (non-hydrogen) atoms. The average molecular weight is 304 g/mol. The Kier molecular flexibility index (Phi) is 5.02. The number of sulfone groups is 1. The molecule has 0 amide bonds. The van der Waals surface area contributed by atoms with Gasteiger partial charge in [-0.05, 0) is 49.6 Å². The predicted molar refractivity (Wildman–Crippen MR) is 84.4 cm³/mol. The molecule has 112 valence electrons. The van der Waals surface area contributed by atoms with E-state index in [0.717, 1.165) is 17.7 Å². The van der Waals surface area contributed by atoms with Crippen molar-refractivity contribution in [3.05, 3.63) is 60.2 Å². The van der Waals surface area contributed by atoms with Gasteiger partial charge in [0.2, 0.25) is 0 Å². The molecule has 0 saturated heterocycles. The molecule has 0 saturated carbocycles. The summed E-state index contributed by atoms with van der Waals surface area (Å²) in [5, 5.41) is -0.401. The van der Waals surface area contributed by atoms with Gasteiger partial charge in [0.05, 0.1) is 17.3 Å². The Morgan fingerprint density at radius 3 is 2.19 bits per heavy atom. The standard InChI is InChI=1S/C17H20O3S/c1-14(21(18,19)17-6-4-3-5-7-17)8-9-15-10-12-16(20-2)13-11-15/h3-7,10-14H,8-9H2,1-2H3. The molecule has 0 N–H and O–H groups in total. The maximum atomic E-state index is 12.4. The van der Waals surface area contributed by atoms with Crippen LogP contribution in [0.5, 0.6) is 5.75 Å². The van der Waals surface area contributed by atoms with E-state index in [-0.39, 0.29) is 0 Å². The van der Waals surface area contributed by atoms with E-state index in [0.29, 0.717) is 11.3 Å². The average Bonchev–Trinajstić information content (AvgIpc) is 2.53. The van der Waals surface area contributed by atoms with Crippen LogP contribution >= 0.6 is 0 Å². The van der Waals surface area contributed by atoms with E-state index in [1.807, 2.05) is 30.3 Å². The largest absolute Gasteiger partial charge is 0.497 e. The first-order valence-corrected chi connectivity index (χ1v) is 8.50. The lowest BCUT2D eigenvalue weighted by molar-refractivity contribution is 0.414. The molecule has 0 aliphatic carbocycles. The summed E-state index contributed by atoms with van der Waals surface area (Å²) in [5.41, 5.74) is 1.12. The van der Waals surface area contributed by atoms with Gasteiger partial charge in [-0.3, -0.25) is 0 Å². The topological polar surface area (TPSA) is 43.4 Å². The van der Waals surface area contributed by atoms with Crippen LogP contribution in [0.1, 0.15) is 18.9 Å². The van der Waals surface area contributed by atoms with Crippen LogP contribution in [0.3, 0.4) is 0 Å². The number of rotatable bonds is 6. The molecule has 1 unspecified atom stereocenters. The molecule has 2 rings (SSSR count). The zero-order valence-corrected chi connectivity index (χ0v) is 13.1. The molecular formula is C17H20O3S. The van der Waals surface area contributed by atoms with Crippen molar-refractivity contribution in [2.24, 2.45) is 0 Å². The highest BCUT2D eigenvalue weighted by atomic mass is 32.2. The highest BCUT2D eigenvalue weighted by Gasteiger charge is 2.22. The maximum Gasteiger partial charge on any atom is 0.180 e. The Bertz CT molecular complexity index is 661. The highest BCUT2D eigenvalue weighted by molar-refractivity contribution is 7.92. The SMILES string of the molecule is COc1ccc(CCC(C)S(=O)(=O)c2ccccc2)cc1. The fourth-order valence-electron chi connectivity index (χ4n) is 2.16. The second-order valence-electron chi connectivity index (χ2n) is 5.06. The second-order valence-corrected chi connectivity index (χ2v) is 7.42. The lowest BCUT2D eigenvalue weighted by atomic mass is 10.1. The van der Waals surface area contributed by atoms with Gasteiger partial charge in [-0.15, -0.1) is 0 Å². The third-order valence-electron chi connectivity index (χ3n) is 3.60. The van der Waals surface area contributed by atoms with Gasteiger partial charge in [0, 0.05) is 0 Å². The first-order chi connectivity index (χ1) is 10.0. The van der Waals surface area contributed by atoms with Gasteiger partial charge in [0.25, 0.3) is 0 Å². The molecule has 0 radical (unpaired) electrons. The van der Waals surface area contributed by atoms with Crippen LogP contribution in [-0.4, -0.2) is 20.8 Å². The van der Waals surface area contributed by atoms with E-state index in [1.165, 1.54) is 0 Å². The van der Waals surface area contributed by atoms with Gasteiger partial charge in [-0.1, -0.05) is 30.3 Å². The van der Waals surface area contributed by atoms with Crippen molar-refractivity contribution in [3.63, 3.8) is 0 Å². The first-order valence-electron chi connectivity index (χ1n) is 6.96. The Hall–Kier alpha value is -1.81. The molecule has 0 aromatic heterocycles. The van der Waals surface area contributed by atoms with Crippen LogP contribution < -0.4 is 4.74 Å². The molecular weight excluding hydrogens is 284 g/mol. The fourth-order valence-corrected chi connectivity index (χ4v) is 3.59. The Morgan fingerprint density at radius 2 is 1.62 bits per heavy atom. The lowest BCUT2D eigenvalue weighted by Gasteiger charge is -2.13. The molecule has 2 aromatic carbocycles. The van der Waals surface area contributed by atoms with E-state index in [9.17, 15) is 8.42 Å². The van der Waals surface area contributed by atoms with Crippen molar-refractivity contribution in [1.29, 1.82) is 0 Å². The zero-order valence-electron chi connectivity index (χ0n) is 12.3. The number of hydrogen-bond donors (Lipinski definition) is 0. The van der Waals surface area contributed by atoms with E-state index in [2.05, 4.69) is 0 Å². The molecule has 0 bridgehead atoms. The number of aryl methyl sites for hydroxylation is 1. The molecule has 3 nitrogen and oxygen atoms in total. The maximum absolute atomic E-state index is 12.4. The highest BCUT2D eigenvalue weighted by Crippen LogP contribution is 2.20. The van der Waals surface area contributed by atoms with Gasteiger partial charge in [-0.2, -0.15) is 0 Å². The van der Waals surface area contributed by atoms with Crippen LogP contribution in [-0.2, 0) is 16.3 Å². The minimum Gasteiger partial charge on any atom is -0.497 e. The lowest BCUT2D eigenvalue weighted by Crippen LogP contribution is -2.18. The molecule has 0 fully saturated rings. The van der Waals surface area contributed by atoms with Crippen LogP contribution in [0.15, 0.2) is 59.5 Å². The molecule has 2 aromatic rings. The molecule has 4 heteroatoms. The van der Waals surface area contributed by atoms with Gasteiger partial charge in [0.15, 0.2) is 9.84 Å². The van der Waals surface area contributed by atoms with Crippen molar-refractivity contribution in [2.75, 3.05) is 7.11 Å². The van der Waals surface area contributed by atoms with Crippen molar-refractivity contribution in [3.8, 4) is 5.75 Å². The monoisotopic (exact) mass is 304 g/mol. The normalized spacial score (nSPS) is 12.9. The number of ether oxygens (including phenoxy) is 1. The number of hydrogen-bond acceptors (Lipinski definition) is 3. The fraction of sp³-hybridized carbons (Fsp3) is 0.294. The van der Waals surface area contributed by atoms with Crippen LogP contribution in [0.4, 0.5) is 0 Å². The Balaban J connectivity index is 2.02. The van der Waals surface area contributed by atoms with Crippen LogP contribution in [0.25, 0.3) is 0 Å².